The fourth-order valence-electron chi connectivity index (χ4n) is 8.20. The number of aliphatic hydroxyl groups excluding tert-OH is 1. The number of fused-ring (bicyclic) bond motifs is 1. The van der Waals surface area contributed by atoms with E-state index < -0.39 is 30.3 Å². The highest BCUT2D eigenvalue weighted by Gasteiger charge is 2.47. The third-order valence-electron chi connectivity index (χ3n) is 11.4. The number of benzene rings is 4. The smallest absolute Gasteiger partial charge is 0.471 e. The van der Waals surface area contributed by atoms with Gasteiger partial charge in [-0.1, -0.05) is 79.7 Å². The molecule has 0 aliphatic carbocycles. The van der Waals surface area contributed by atoms with Gasteiger partial charge in [-0.2, -0.15) is 13.2 Å². The van der Waals surface area contributed by atoms with Crippen molar-refractivity contribution in [3.05, 3.63) is 118 Å². The van der Waals surface area contributed by atoms with Crippen molar-refractivity contribution < 1.29 is 46.8 Å². The average Bonchev–Trinajstić information content (AvgIpc) is 3.73. The second kappa shape index (κ2) is 17.3. The lowest BCUT2D eigenvalue weighted by molar-refractivity contribution is -0.276. The summed E-state index contributed by atoms with van der Waals surface area (Å²) in [6.45, 7) is 4.34. The molecule has 0 saturated carbocycles. The lowest BCUT2D eigenvalue weighted by atomic mass is 9.89. The summed E-state index contributed by atoms with van der Waals surface area (Å²) in [5.41, 5.74) is 7.56. The van der Waals surface area contributed by atoms with Crippen LogP contribution in [0.4, 0.5) is 13.2 Å². The molecule has 5 atom stereocenters. The molecule has 2 saturated heterocycles. The van der Waals surface area contributed by atoms with Crippen molar-refractivity contribution in [3.63, 3.8) is 0 Å². The zero-order chi connectivity index (χ0) is 40.3. The number of aliphatic hydroxyl groups is 1. The molecule has 2 N–H and O–H groups in total. The number of halogens is 3. The summed E-state index contributed by atoms with van der Waals surface area (Å²) >= 11 is 0. The number of carbonyl (C=O) groups is 2. The molecule has 4 aromatic carbocycles. The van der Waals surface area contributed by atoms with Gasteiger partial charge in [0.05, 0.1) is 33.0 Å². The molecule has 302 valence electrons. The molecule has 4 aromatic rings. The van der Waals surface area contributed by atoms with E-state index in [1.807, 2.05) is 72.8 Å². The SMILES string of the molecule is COc1cc2c(cc1OC)CN(C[C@@H]1O[C@H](c3ccc(-c4ccccc4CNC(=O)[C@@H]4CCCN4C(=O)C(F)(F)F)cc3)O[C@H](c3ccc(CO)cc3)[C@@H]1C)CC2. The van der Waals surface area contributed by atoms with Gasteiger partial charge in [0.15, 0.2) is 17.8 Å². The molecule has 0 bridgehead atoms. The number of hydrogen-bond acceptors (Lipinski definition) is 8. The highest BCUT2D eigenvalue weighted by atomic mass is 19.4. The molecule has 2 fully saturated rings. The van der Waals surface area contributed by atoms with E-state index in [0.717, 1.165) is 58.6 Å². The van der Waals surface area contributed by atoms with Gasteiger partial charge in [0, 0.05) is 44.2 Å². The number of likely N-dealkylation sites (tertiary alicyclic amines) is 1. The molecule has 0 unspecified atom stereocenters. The van der Waals surface area contributed by atoms with Crippen LogP contribution in [-0.4, -0.2) is 78.9 Å². The topological polar surface area (TPSA) is 110 Å². The van der Waals surface area contributed by atoms with Crippen LogP contribution in [0.25, 0.3) is 11.1 Å². The Labute approximate surface area is 330 Å². The maximum Gasteiger partial charge on any atom is 0.471 e. The maximum atomic E-state index is 13.2. The lowest BCUT2D eigenvalue weighted by Crippen LogP contribution is -2.50. The molecule has 10 nitrogen and oxygen atoms in total. The number of nitrogens with one attached hydrogen (secondary N) is 1. The van der Waals surface area contributed by atoms with Crippen molar-refractivity contribution in [1.82, 2.24) is 15.1 Å². The number of rotatable bonds is 11. The molecule has 2 amide bonds. The number of carbonyl (C=O) groups excluding carboxylic acids is 2. The van der Waals surface area contributed by atoms with Crippen LogP contribution in [0.5, 0.6) is 11.5 Å². The Morgan fingerprint density at radius 3 is 2.26 bits per heavy atom. The normalized spacial score (nSPS) is 22.5. The summed E-state index contributed by atoms with van der Waals surface area (Å²) in [7, 11) is 3.29. The van der Waals surface area contributed by atoms with Gasteiger partial charge < -0.3 is 34.3 Å². The third-order valence-corrected chi connectivity index (χ3v) is 11.4. The highest BCUT2D eigenvalue weighted by Crippen LogP contribution is 2.43. The quantitative estimate of drug-likeness (QED) is 0.170. The van der Waals surface area contributed by atoms with Crippen molar-refractivity contribution in [2.75, 3.05) is 33.9 Å². The van der Waals surface area contributed by atoms with Gasteiger partial charge in [0.25, 0.3) is 0 Å². The summed E-state index contributed by atoms with van der Waals surface area (Å²) in [5, 5.41) is 12.4. The minimum Gasteiger partial charge on any atom is -0.493 e. The van der Waals surface area contributed by atoms with Crippen LogP contribution in [0.1, 0.15) is 65.5 Å². The molecule has 0 radical (unpaired) electrons. The monoisotopic (exact) mass is 787 g/mol. The van der Waals surface area contributed by atoms with Crippen molar-refractivity contribution in [3.8, 4) is 22.6 Å². The molecular weight excluding hydrogens is 739 g/mol. The van der Waals surface area contributed by atoms with Gasteiger partial charge in [0.1, 0.15) is 6.04 Å². The summed E-state index contributed by atoms with van der Waals surface area (Å²) in [4.78, 5) is 28.0. The predicted octanol–water partition coefficient (Wildman–Crippen LogP) is 6.88. The number of alkyl halides is 3. The Morgan fingerprint density at radius 1 is 0.895 bits per heavy atom. The zero-order valence-corrected chi connectivity index (χ0v) is 32.3. The first-order valence-electron chi connectivity index (χ1n) is 19.3. The molecule has 3 aliphatic rings. The van der Waals surface area contributed by atoms with Crippen LogP contribution in [0.2, 0.25) is 0 Å². The Morgan fingerprint density at radius 2 is 1.58 bits per heavy atom. The van der Waals surface area contributed by atoms with E-state index in [2.05, 4.69) is 29.3 Å². The first kappa shape index (κ1) is 40.3. The van der Waals surface area contributed by atoms with Crippen LogP contribution in [0.15, 0.2) is 84.9 Å². The third kappa shape index (κ3) is 8.81. The van der Waals surface area contributed by atoms with E-state index in [9.17, 15) is 27.9 Å². The van der Waals surface area contributed by atoms with Gasteiger partial charge in [-0.05, 0) is 70.3 Å². The van der Waals surface area contributed by atoms with Crippen LogP contribution in [0, 0.1) is 5.92 Å². The van der Waals surface area contributed by atoms with Crippen LogP contribution < -0.4 is 14.8 Å². The number of ether oxygens (including phenoxy) is 4. The van der Waals surface area contributed by atoms with E-state index in [-0.39, 0.29) is 44.2 Å². The van der Waals surface area contributed by atoms with Gasteiger partial charge in [-0.25, -0.2) is 0 Å². The second-order valence-corrected chi connectivity index (χ2v) is 14.9. The summed E-state index contributed by atoms with van der Waals surface area (Å²) < 4.78 is 64.1. The first-order valence-corrected chi connectivity index (χ1v) is 19.3. The van der Waals surface area contributed by atoms with Crippen LogP contribution in [0.3, 0.4) is 0 Å². The van der Waals surface area contributed by atoms with Crippen LogP contribution in [-0.2, 0) is 45.2 Å². The van der Waals surface area contributed by atoms with Crippen molar-refractivity contribution in [2.45, 2.75) is 76.6 Å². The predicted molar refractivity (Wildman–Crippen MR) is 206 cm³/mol. The van der Waals surface area contributed by atoms with Gasteiger partial charge in [-0.3, -0.25) is 14.5 Å². The average molecular weight is 788 g/mol. The molecule has 0 spiro atoms. The molecule has 3 heterocycles. The summed E-state index contributed by atoms with van der Waals surface area (Å²) in [5.74, 6) is -1.17. The van der Waals surface area contributed by atoms with E-state index in [1.165, 1.54) is 11.1 Å². The molecule has 0 aromatic heterocycles. The minimum atomic E-state index is -5.04. The van der Waals surface area contributed by atoms with E-state index in [1.54, 1.807) is 14.2 Å². The molecule has 13 heteroatoms. The molecular formula is C44H48F3N3O7. The first-order chi connectivity index (χ1) is 27.5. The molecule has 7 rings (SSSR count). The number of methoxy groups -OCH3 is 2. The second-order valence-electron chi connectivity index (χ2n) is 14.9. The Hall–Kier alpha value is -4.95. The molecule has 57 heavy (non-hydrogen) atoms. The fourth-order valence-corrected chi connectivity index (χ4v) is 8.20. The van der Waals surface area contributed by atoms with E-state index in [0.29, 0.717) is 23.6 Å². The summed E-state index contributed by atoms with van der Waals surface area (Å²) in [6, 6.07) is 26.1. The van der Waals surface area contributed by atoms with Crippen LogP contribution >= 0.6 is 0 Å². The van der Waals surface area contributed by atoms with Crippen molar-refractivity contribution in [1.29, 1.82) is 0 Å². The van der Waals surface area contributed by atoms with Gasteiger partial charge in [0.2, 0.25) is 5.91 Å². The standard InChI is InChI=1S/C44H48F3N3O7/c1-27-39(25-49-20-18-32-21-37(54-2)38(55-3)22-34(32)24-49)56-42(57-40(27)30-12-10-28(26-51)11-13-30)31-16-14-29(15-17-31)35-8-5-4-7-33(35)23-48-41(52)36-9-6-19-50(36)43(53)44(45,46)47/h4-5,7-8,10-17,21-22,27,36,39-40,42,51H,6,9,18-20,23-26H2,1-3H3,(H,48,52)/t27-,36+,39+,40+,42+/m1/s1. The van der Waals surface area contributed by atoms with E-state index >= 15 is 0 Å². The Kier molecular flexibility index (Phi) is 12.2. The summed E-state index contributed by atoms with van der Waals surface area (Å²) in [6.07, 6.45) is -4.81. The molecule has 3 aliphatic heterocycles. The van der Waals surface area contributed by atoms with Crippen molar-refractivity contribution in [2.24, 2.45) is 5.92 Å². The zero-order valence-electron chi connectivity index (χ0n) is 32.3. The number of nitrogens with zero attached hydrogens (tertiary/aromatic N) is 2. The number of amides is 2. The van der Waals surface area contributed by atoms with Gasteiger partial charge >= 0.3 is 12.1 Å². The largest absolute Gasteiger partial charge is 0.493 e. The van der Waals surface area contributed by atoms with Gasteiger partial charge in [-0.15, -0.1) is 0 Å². The van der Waals surface area contributed by atoms with Crippen molar-refractivity contribution >= 4 is 11.8 Å². The number of hydrogen-bond donors (Lipinski definition) is 2. The Balaban J connectivity index is 1.08. The lowest BCUT2D eigenvalue weighted by Gasteiger charge is -2.43. The maximum absolute atomic E-state index is 13.2. The Bertz CT molecular complexity index is 2040. The fraction of sp³-hybridized carbons (Fsp3) is 0.409. The van der Waals surface area contributed by atoms with E-state index in [4.69, 9.17) is 18.9 Å². The highest BCUT2D eigenvalue weighted by molar-refractivity contribution is 5.90. The minimum absolute atomic E-state index is 0.00252.